The van der Waals surface area contributed by atoms with Crippen molar-refractivity contribution >= 4 is 6.09 Å². The minimum atomic E-state index is -0.371. The molecule has 0 aromatic heterocycles. The van der Waals surface area contributed by atoms with E-state index in [1.807, 2.05) is 30.3 Å². The number of alkyl carbamates (subject to hydrolysis) is 1. The number of ether oxygens (including phenoxy) is 1. The maximum absolute atomic E-state index is 11.7. The molecule has 1 atom stereocenters. The molecule has 3 rings (SSSR count). The Kier molecular flexibility index (Phi) is 4.71. The van der Waals surface area contributed by atoms with E-state index in [1.54, 1.807) is 0 Å². The monoisotopic (exact) mass is 296 g/mol. The van der Waals surface area contributed by atoms with Gasteiger partial charge in [0.15, 0.2) is 0 Å². The molecule has 2 aromatic rings. The third-order valence-corrected chi connectivity index (χ3v) is 3.87. The van der Waals surface area contributed by atoms with Gasteiger partial charge in [-0.1, -0.05) is 54.6 Å². The predicted octanol–water partition coefficient (Wildman–Crippen LogP) is 2.63. The van der Waals surface area contributed by atoms with Gasteiger partial charge in [0.25, 0.3) is 0 Å². The summed E-state index contributed by atoms with van der Waals surface area (Å²) in [5, 5.41) is 6.26. The topological polar surface area (TPSA) is 50.4 Å². The maximum atomic E-state index is 11.7. The highest BCUT2D eigenvalue weighted by atomic mass is 16.5. The van der Waals surface area contributed by atoms with Gasteiger partial charge in [0.1, 0.15) is 6.61 Å². The van der Waals surface area contributed by atoms with Crippen LogP contribution in [0.4, 0.5) is 4.79 Å². The van der Waals surface area contributed by atoms with E-state index in [4.69, 9.17) is 4.74 Å². The number of amides is 1. The number of hydrogen-bond acceptors (Lipinski definition) is 3. The minimum Gasteiger partial charge on any atom is -0.445 e. The van der Waals surface area contributed by atoms with Crippen LogP contribution in [0.15, 0.2) is 54.6 Å². The lowest BCUT2D eigenvalue weighted by molar-refractivity contribution is 0.138. The highest BCUT2D eigenvalue weighted by Gasteiger charge is 2.18. The van der Waals surface area contributed by atoms with Gasteiger partial charge in [0.2, 0.25) is 0 Å². The van der Waals surface area contributed by atoms with Crippen molar-refractivity contribution in [1.82, 2.24) is 10.6 Å². The highest BCUT2D eigenvalue weighted by Crippen LogP contribution is 2.15. The fourth-order valence-electron chi connectivity index (χ4n) is 2.65. The van der Waals surface area contributed by atoms with Crippen LogP contribution < -0.4 is 10.6 Å². The van der Waals surface area contributed by atoms with Gasteiger partial charge in [0.05, 0.1) is 0 Å². The number of hydrogen-bond donors (Lipinski definition) is 2. The van der Waals surface area contributed by atoms with Crippen molar-refractivity contribution in [3.05, 3.63) is 71.3 Å². The predicted molar refractivity (Wildman–Crippen MR) is 85.4 cm³/mol. The molecular weight excluding hydrogens is 276 g/mol. The Bertz CT molecular complexity index is 628. The number of rotatable bonds is 4. The van der Waals surface area contributed by atoms with Crippen molar-refractivity contribution in [1.29, 1.82) is 0 Å². The Hall–Kier alpha value is -2.33. The molecule has 0 saturated heterocycles. The van der Waals surface area contributed by atoms with Crippen molar-refractivity contribution in [3.63, 3.8) is 0 Å². The van der Waals surface area contributed by atoms with Gasteiger partial charge in [-0.2, -0.15) is 0 Å². The summed E-state index contributed by atoms with van der Waals surface area (Å²) in [6.07, 6.45) is 0.555. The summed E-state index contributed by atoms with van der Waals surface area (Å²) in [5.41, 5.74) is 3.68. The molecule has 0 bridgehead atoms. The molecule has 0 radical (unpaired) electrons. The minimum absolute atomic E-state index is 0.249. The fraction of sp³-hybridized carbons (Fsp3) is 0.278. The number of nitrogens with one attached hydrogen (secondary N) is 2. The average Bonchev–Trinajstić information content (AvgIpc) is 2.59. The summed E-state index contributed by atoms with van der Waals surface area (Å²) in [5.74, 6) is 0. The quantitative estimate of drug-likeness (QED) is 0.912. The van der Waals surface area contributed by atoms with Crippen LogP contribution in [0.1, 0.15) is 16.7 Å². The van der Waals surface area contributed by atoms with Crippen molar-refractivity contribution in [2.75, 3.05) is 6.54 Å². The normalized spacial score (nSPS) is 16.6. The van der Waals surface area contributed by atoms with E-state index in [0.29, 0.717) is 13.2 Å². The van der Waals surface area contributed by atoms with E-state index in [9.17, 15) is 4.79 Å². The third kappa shape index (κ3) is 3.86. The molecule has 0 saturated carbocycles. The van der Waals surface area contributed by atoms with Crippen LogP contribution in [-0.2, 0) is 24.3 Å². The first-order valence-electron chi connectivity index (χ1n) is 7.56. The molecule has 0 unspecified atom stereocenters. The molecule has 0 fully saturated rings. The lowest BCUT2D eigenvalue weighted by atomic mass is 9.96. The van der Waals surface area contributed by atoms with Crippen LogP contribution in [0.5, 0.6) is 0 Å². The van der Waals surface area contributed by atoms with Crippen molar-refractivity contribution < 1.29 is 9.53 Å². The SMILES string of the molecule is O=C(NC[C@@H]1Cc2ccccc2CN1)OCc1ccccc1. The van der Waals surface area contributed by atoms with Crippen LogP contribution in [0, 0.1) is 0 Å². The maximum Gasteiger partial charge on any atom is 0.407 e. The van der Waals surface area contributed by atoms with Crippen LogP contribution >= 0.6 is 0 Å². The number of carbonyl (C=O) groups is 1. The van der Waals surface area contributed by atoms with E-state index < -0.39 is 0 Å². The molecule has 22 heavy (non-hydrogen) atoms. The van der Waals surface area contributed by atoms with Gasteiger partial charge in [-0.05, 0) is 23.1 Å². The lowest BCUT2D eigenvalue weighted by Gasteiger charge is -2.26. The Morgan fingerprint density at radius 2 is 1.82 bits per heavy atom. The first-order chi connectivity index (χ1) is 10.8. The van der Waals surface area contributed by atoms with Gasteiger partial charge in [-0.25, -0.2) is 4.79 Å². The van der Waals surface area contributed by atoms with Gasteiger partial charge in [0, 0.05) is 19.1 Å². The average molecular weight is 296 g/mol. The van der Waals surface area contributed by atoms with Crippen LogP contribution in [0.3, 0.4) is 0 Å². The Morgan fingerprint density at radius 1 is 1.09 bits per heavy atom. The van der Waals surface area contributed by atoms with Crippen molar-refractivity contribution in [2.24, 2.45) is 0 Å². The zero-order chi connectivity index (χ0) is 15.2. The standard InChI is InChI=1S/C18H20N2O2/c21-18(22-13-14-6-2-1-3-7-14)20-12-17-10-15-8-4-5-9-16(15)11-19-17/h1-9,17,19H,10-13H2,(H,20,21)/t17-/m0/s1. The highest BCUT2D eigenvalue weighted by molar-refractivity contribution is 5.67. The molecule has 1 amide bonds. The smallest absolute Gasteiger partial charge is 0.407 e. The first-order valence-corrected chi connectivity index (χ1v) is 7.56. The second-order valence-corrected chi connectivity index (χ2v) is 5.49. The van der Waals surface area contributed by atoms with E-state index in [1.165, 1.54) is 11.1 Å². The Balaban J connectivity index is 1.42. The second kappa shape index (κ2) is 7.09. The van der Waals surface area contributed by atoms with Gasteiger partial charge in [-0.3, -0.25) is 0 Å². The molecule has 1 aliphatic heterocycles. The summed E-state index contributed by atoms with van der Waals surface area (Å²) in [4.78, 5) is 11.7. The largest absolute Gasteiger partial charge is 0.445 e. The summed E-state index contributed by atoms with van der Waals surface area (Å²) in [7, 11) is 0. The van der Waals surface area contributed by atoms with Gasteiger partial charge < -0.3 is 15.4 Å². The first kappa shape index (κ1) is 14.6. The van der Waals surface area contributed by atoms with E-state index in [0.717, 1.165) is 18.5 Å². The van der Waals surface area contributed by atoms with E-state index in [2.05, 4.69) is 34.9 Å². The van der Waals surface area contributed by atoms with Crippen molar-refractivity contribution in [3.8, 4) is 0 Å². The molecule has 114 valence electrons. The summed E-state index contributed by atoms with van der Waals surface area (Å²) in [6, 6.07) is 18.3. The van der Waals surface area contributed by atoms with Crippen LogP contribution in [0.2, 0.25) is 0 Å². The summed E-state index contributed by atoms with van der Waals surface area (Å²) >= 11 is 0. The number of benzene rings is 2. The molecular formula is C18H20N2O2. The lowest BCUT2D eigenvalue weighted by Crippen LogP contribution is -2.44. The molecule has 4 nitrogen and oxygen atoms in total. The Morgan fingerprint density at radius 3 is 2.64 bits per heavy atom. The molecule has 2 N–H and O–H groups in total. The molecule has 1 heterocycles. The van der Waals surface area contributed by atoms with Crippen LogP contribution in [-0.4, -0.2) is 18.7 Å². The zero-order valence-electron chi connectivity index (χ0n) is 12.4. The fourth-order valence-corrected chi connectivity index (χ4v) is 2.65. The molecule has 2 aromatic carbocycles. The third-order valence-electron chi connectivity index (χ3n) is 3.87. The Labute approximate surface area is 130 Å². The summed E-state index contributed by atoms with van der Waals surface area (Å²) < 4.78 is 5.21. The van der Waals surface area contributed by atoms with Gasteiger partial charge in [-0.15, -0.1) is 0 Å². The molecule has 0 spiro atoms. The van der Waals surface area contributed by atoms with E-state index in [-0.39, 0.29) is 12.1 Å². The molecule has 4 heteroatoms. The number of carbonyl (C=O) groups excluding carboxylic acids is 1. The van der Waals surface area contributed by atoms with Gasteiger partial charge >= 0.3 is 6.09 Å². The van der Waals surface area contributed by atoms with Crippen LogP contribution in [0.25, 0.3) is 0 Å². The molecule has 1 aliphatic rings. The zero-order valence-corrected chi connectivity index (χ0v) is 12.4. The van der Waals surface area contributed by atoms with Crippen molar-refractivity contribution in [2.45, 2.75) is 25.6 Å². The summed E-state index contributed by atoms with van der Waals surface area (Å²) in [6.45, 7) is 1.72. The second-order valence-electron chi connectivity index (χ2n) is 5.49. The number of fused-ring (bicyclic) bond motifs is 1. The van der Waals surface area contributed by atoms with E-state index >= 15 is 0 Å². The molecule has 0 aliphatic carbocycles.